The number of hydrogen-bond acceptors (Lipinski definition) is 3. The van der Waals surface area contributed by atoms with Crippen molar-refractivity contribution in [2.24, 2.45) is 5.92 Å². The molecule has 0 unspecified atom stereocenters. The highest BCUT2D eigenvalue weighted by molar-refractivity contribution is 5.85. The largest absolute Gasteiger partial charge is 0.350 e. The van der Waals surface area contributed by atoms with E-state index in [1.165, 1.54) is 25.7 Å². The van der Waals surface area contributed by atoms with Crippen LogP contribution in [0.1, 0.15) is 50.3 Å². The van der Waals surface area contributed by atoms with Crippen molar-refractivity contribution in [3.05, 3.63) is 18.0 Å². The van der Waals surface area contributed by atoms with Gasteiger partial charge in [0, 0.05) is 12.1 Å². The summed E-state index contributed by atoms with van der Waals surface area (Å²) >= 11 is 0. The molecule has 1 aromatic rings. The molecule has 1 saturated heterocycles. The number of aromatic nitrogens is 2. The molecule has 0 bridgehead atoms. The number of rotatable bonds is 4. The van der Waals surface area contributed by atoms with Crippen LogP contribution in [0.25, 0.3) is 0 Å². The molecule has 2 aliphatic rings. The van der Waals surface area contributed by atoms with Crippen molar-refractivity contribution < 1.29 is 4.79 Å². The Labute approximate surface area is 132 Å². The molecule has 6 heteroatoms. The van der Waals surface area contributed by atoms with Gasteiger partial charge in [0.25, 0.3) is 0 Å². The minimum absolute atomic E-state index is 0. The molecule has 2 N–H and O–H groups in total. The first-order chi connectivity index (χ1) is 9.83. The zero-order valence-corrected chi connectivity index (χ0v) is 13.2. The Balaban J connectivity index is 0.00000161. The molecule has 0 aromatic carbocycles. The second kappa shape index (κ2) is 7.80. The Morgan fingerprint density at radius 1 is 1.29 bits per heavy atom. The average Bonchev–Trinajstić information content (AvgIpc) is 3.16. The molecular weight excluding hydrogens is 288 g/mol. The van der Waals surface area contributed by atoms with Crippen LogP contribution in [0.4, 0.5) is 0 Å². The van der Waals surface area contributed by atoms with Crippen LogP contribution in [0.3, 0.4) is 0 Å². The maximum atomic E-state index is 12.1. The second-order valence-electron chi connectivity index (χ2n) is 5.97. The van der Waals surface area contributed by atoms with Crippen LogP contribution in [0, 0.1) is 5.92 Å². The predicted molar refractivity (Wildman–Crippen MR) is 84.4 cm³/mol. The molecule has 1 aromatic heterocycles. The normalized spacial score (nSPS) is 20.2. The van der Waals surface area contributed by atoms with Gasteiger partial charge in [-0.2, -0.15) is 5.10 Å². The quantitative estimate of drug-likeness (QED) is 0.894. The van der Waals surface area contributed by atoms with Crippen LogP contribution >= 0.6 is 12.4 Å². The lowest BCUT2D eigenvalue weighted by Gasteiger charge is -2.21. The zero-order valence-electron chi connectivity index (χ0n) is 12.4. The maximum Gasteiger partial charge on any atom is 0.223 e. The molecule has 118 valence electrons. The Morgan fingerprint density at radius 2 is 2.00 bits per heavy atom. The van der Waals surface area contributed by atoms with Gasteiger partial charge in [-0.3, -0.25) is 9.48 Å². The molecule has 21 heavy (non-hydrogen) atoms. The first-order valence-electron chi connectivity index (χ1n) is 7.85. The fourth-order valence-electron chi connectivity index (χ4n) is 3.25. The SMILES string of the molecule is Cl.O=C(NCc1ccn(C2CCCC2)n1)C1CCNCC1. The van der Waals surface area contributed by atoms with Gasteiger partial charge < -0.3 is 10.6 Å². The lowest BCUT2D eigenvalue weighted by molar-refractivity contribution is -0.125. The van der Waals surface area contributed by atoms with Crippen molar-refractivity contribution in [1.82, 2.24) is 20.4 Å². The fourth-order valence-corrected chi connectivity index (χ4v) is 3.25. The minimum atomic E-state index is 0. The maximum absolute atomic E-state index is 12.1. The third-order valence-electron chi connectivity index (χ3n) is 4.52. The highest BCUT2D eigenvalue weighted by atomic mass is 35.5. The first kappa shape index (κ1) is 16.3. The van der Waals surface area contributed by atoms with E-state index < -0.39 is 0 Å². The Morgan fingerprint density at radius 3 is 2.71 bits per heavy atom. The summed E-state index contributed by atoms with van der Waals surface area (Å²) in [7, 11) is 0. The third-order valence-corrected chi connectivity index (χ3v) is 4.52. The van der Waals surface area contributed by atoms with Gasteiger partial charge in [-0.1, -0.05) is 12.8 Å². The monoisotopic (exact) mass is 312 g/mol. The molecule has 0 spiro atoms. The smallest absolute Gasteiger partial charge is 0.223 e. The van der Waals surface area contributed by atoms with Crippen LogP contribution in [0.2, 0.25) is 0 Å². The Hall–Kier alpha value is -1.07. The van der Waals surface area contributed by atoms with Crippen molar-refractivity contribution in [2.45, 2.75) is 51.1 Å². The molecule has 1 amide bonds. The van der Waals surface area contributed by atoms with Crippen LogP contribution in [0.15, 0.2) is 12.3 Å². The van der Waals surface area contributed by atoms with Gasteiger partial charge in [-0.25, -0.2) is 0 Å². The van der Waals surface area contributed by atoms with Crippen molar-refractivity contribution >= 4 is 18.3 Å². The average molecular weight is 313 g/mol. The van der Waals surface area contributed by atoms with Crippen molar-refractivity contribution in [1.29, 1.82) is 0 Å². The molecule has 0 atom stereocenters. The van der Waals surface area contributed by atoms with E-state index in [0.717, 1.165) is 31.6 Å². The summed E-state index contributed by atoms with van der Waals surface area (Å²) in [6.45, 7) is 2.46. The summed E-state index contributed by atoms with van der Waals surface area (Å²) in [6.07, 6.45) is 9.05. The van der Waals surface area contributed by atoms with Gasteiger partial charge in [0.15, 0.2) is 0 Å². The lowest BCUT2D eigenvalue weighted by Crippen LogP contribution is -2.37. The van der Waals surface area contributed by atoms with Crippen molar-refractivity contribution in [3.8, 4) is 0 Å². The Bertz CT molecular complexity index is 450. The van der Waals surface area contributed by atoms with E-state index in [1.807, 2.05) is 6.07 Å². The summed E-state index contributed by atoms with van der Waals surface area (Å²) in [4.78, 5) is 12.1. The minimum Gasteiger partial charge on any atom is -0.350 e. The second-order valence-corrected chi connectivity index (χ2v) is 5.97. The summed E-state index contributed by atoms with van der Waals surface area (Å²) < 4.78 is 2.08. The predicted octanol–water partition coefficient (Wildman–Crippen LogP) is 2.04. The van der Waals surface area contributed by atoms with Crippen molar-refractivity contribution in [2.75, 3.05) is 13.1 Å². The third kappa shape index (κ3) is 4.20. The van der Waals surface area contributed by atoms with Gasteiger partial charge in [0.05, 0.1) is 18.3 Å². The van der Waals surface area contributed by atoms with Gasteiger partial charge in [0.1, 0.15) is 0 Å². The number of hydrogen-bond donors (Lipinski definition) is 2. The van der Waals surface area contributed by atoms with E-state index in [9.17, 15) is 4.79 Å². The van der Waals surface area contributed by atoms with Crippen LogP contribution in [-0.2, 0) is 11.3 Å². The van der Waals surface area contributed by atoms with Gasteiger partial charge in [0.2, 0.25) is 5.91 Å². The van der Waals surface area contributed by atoms with Crippen LogP contribution in [0.5, 0.6) is 0 Å². The summed E-state index contributed by atoms with van der Waals surface area (Å²) in [5.74, 6) is 0.357. The molecule has 2 heterocycles. The summed E-state index contributed by atoms with van der Waals surface area (Å²) in [5, 5.41) is 10.9. The molecule has 3 rings (SSSR count). The van der Waals surface area contributed by atoms with Crippen molar-refractivity contribution in [3.63, 3.8) is 0 Å². The number of carbonyl (C=O) groups is 1. The highest BCUT2D eigenvalue weighted by Gasteiger charge is 2.21. The molecule has 5 nitrogen and oxygen atoms in total. The topological polar surface area (TPSA) is 59.0 Å². The standard InChI is InChI=1S/C15H24N4O.ClH/c20-15(12-5-8-16-9-6-12)17-11-13-7-10-19(18-13)14-3-1-2-4-14;/h7,10,12,14,16H,1-6,8-9,11H2,(H,17,20);1H. The Kier molecular flexibility index (Phi) is 6.06. The van der Waals surface area contributed by atoms with E-state index >= 15 is 0 Å². The molecular formula is C15H25ClN4O. The van der Waals surface area contributed by atoms with E-state index in [4.69, 9.17) is 0 Å². The van der Waals surface area contributed by atoms with Gasteiger partial charge >= 0.3 is 0 Å². The van der Waals surface area contributed by atoms with Gasteiger partial charge in [-0.05, 0) is 44.8 Å². The van der Waals surface area contributed by atoms with E-state index in [2.05, 4.69) is 26.6 Å². The van der Waals surface area contributed by atoms with Crippen LogP contribution < -0.4 is 10.6 Å². The molecule has 1 saturated carbocycles. The molecule has 0 radical (unpaired) electrons. The summed E-state index contributed by atoms with van der Waals surface area (Å²) in [6, 6.07) is 2.60. The first-order valence-corrected chi connectivity index (χ1v) is 7.85. The van der Waals surface area contributed by atoms with E-state index in [-0.39, 0.29) is 24.2 Å². The molecule has 1 aliphatic heterocycles. The zero-order chi connectivity index (χ0) is 13.8. The number of amides is 1. The summed E-state index contributed by atoms with van der Waals surface area (Å²) in [5.41, 5.74) is 0.971. The molecule has 1 aliphatic carbocycles. The number of nitrogens with zero attached hydrogens (tertiary/aromatic N) is 2. The van der Waals surface area contributed by atoms with E-state index in [0.29, 0.717) is 12.6 Å². The number of piperidine rings is 1. The number of carbonyl (C=O) groups excluding carboxylic acids is 1. The van der Waals surface area contributed by atoms with E-state index in [1.54, 1.807) is 0 Å². The highest BCUT2D eigenvalue weighted by Crippen LogP contribution is 2.28. The lowest BCUT2D eigenvalue weighted by atomic mass is 9.97. The fraction of sp³-hybridized carbons (Fsp3) is 0.733. The number of halogens is 1. The van der Waals surface area contributed by atoms with Crippen LogP contribution in [-0.4, -0.2) is 28.8 Å². The number of nitrogens with one attached hydrogen (secondary N) is 2. The molecule has 2 fully saturated rings. The van der Waals surface area contributed by atoms with Gasteiger partial charge in [-0.15, -0.1) is 12.4 Å².